The van der Waals surface area contributed by atoms with E-state index in [1.165, 1.54) is 53.2 Å². The van der Waals surface area contributed by atoms with Gasteiger partial charge in [0.05, 0.1) is 0 Å². The molecule has 3 heteroatoms. The highest BCUT2D eigenvalue weighted by atomic mass is 32.1. The van der Waals surface area contributed by atoms with Gasteiger partial charge in [-0.1, -0.05) is 133 Å². The third kappa shape index (κ3) is 5.40. The first-order valence-corrected chi connectivity index (χ1v) is 19.5. The predicted octanol–water partition coefficient (Wildman–Crippen LogP) is 15.6. The van der Waals surface area contributed by atoms with Gasteiger partial charge in [-0.05, 0) is 111 Å². The van der Waals surface area contributed by atoms with Crippen LogP contribution in [0.15, 0.2) is 205 Å². The molecule has 9 aromatic carbocycles. The molecule has 2 aromatic heterocycles. The topological polar surface area (TPSA) is 16.4 Å². The van der Waals surface area contributed by atoms with Gasteiger partial charge in [0.25, 0.3) is 0 Å². The van der Waals surface area contributed by atoms with Crippen LogP contribution in [0.3, 0.4) is 0 Å². The number of para-hydroxylation sites is 1. The molecule has 0 bridgehead atoms. The van der Waals surface area contributed by atoms with Crippen LogP contribution in [0, 0.1) is 0 Å². The second-order valence-corrected chi connectivity index (χ2v) is 15.2. The summed E-state index contributed by atoms with van der Waals surface area (Å²) in [4.78, 5) is 2.37. The molecular weight excluding hydrogens is 687 g/mol. The Morgan fingerprint density at radius 3 is 1.82 bits per heavy atom. The largest absolute Gasteiger partial charge is 0.456 e. The van der Waals surface area contributed by atoms with Gasteiger partial charge in [0.1, 0.15) is 11.2 Å². The number of thiophene rings is 1. The number of furan rings is 1. The van der Waals surface area contributed by atoms with Gasteiger partial charge in [0, 0.05) is 48.0 Å². The normalized spacial score (nSPS) is 11.6. The smallest absolute Gasteiger partial charge is 0.135 e. The summed E-state index contributed by atoms with van der Waals surface area (Å²) < 4.78 is 8.76. The zero-order valence-electron chi connectivity index (χ0n) is 29.8. The van der Waals surface area contributed by atoms with Crippen LogP contribution in [-0.4, -0.2) is 0 Å². The van der Waals surface area contributed by atoms with Crippen LogP contribution in [0.4, 0.5) is 17.1 Å². The summed E-state index contributed by atoms with van der Waals surface area (Å²) in [7, 11) is 0. The molecule has 2 heterocycles. The molecule has 0 atom stereocenters. The molecule has 0 fully saturated rings. The summed E-state index contributed by atoms with van der Waals surface area (Å²) in [5.74, 6) is 0. The summed E-state index contributed by atoms with van der Waals surface area (Å²) >= 11 is 1.86. The molecule has 0 radical (unpaired) electrons. The summed E-state index contributed by atoms with van der Waals surface area (Å²) in [5.41, 5.74) is 12.3. The van der Waals surface area contributed by atoms with Crippen LogP contribution in [0.25, 0.3) is 86.3 Å². The Hall–Kier alpha value is -6.94. The van der Waals surface area contributed by atoms with Crippen molar-refractivity contribution in [3.8, 4) is 33.4 Å². The minimum absolute atomic E-state index is 0.908. The molecule has 0 aliphatic carbocycles. The fourth-order valence-corrected chi connectivity index (χ4v) is 9.38. The van der Waals surface area contributed by atoms with Gasteiger partial charge in [-0.15, -0.1) is 11.3 Å². The van der Waals surface area contributed by atoms with Crippen molar-refractivity contribution < 1.29 is 4.42 Å². The number of hydrogen-bond acceptors (Lipinski definition) is 3. The molecule has 258 valence electrons. The highest BCUT2D eigenvalue weighted by Gasteiger charge is 2.17. The van der Waals surface area contributed by atoms with Crippen molar-refractivity contribution in [2.45, 2.75) is 0 Å². The Morgan fingerprint density at radius 2 is 0.964 bits per heavy atom. The van der Waals surface area contributed by atoms with Crippen molar-refractivity contribution in [1.82, 2.24) is 0 Å². The van der Waals surface area contributed by atoms with Crippen LogP contribution >= 0.6 is 11.3 Å². The lowest BCUT2D eigenvalue weighted by atomic mass is 9.97. The van der Waals surface area contributed by atoms with E-state index in [1.54, 1.807) is 0 Å². The van der Waals surface area contributed by atoms with E-state index in [1.807, 2.05) is 23.5 Å². The van der Waals surface area contributed by atoms with E-state index < -0.39 is 0 Å². The number of benzene rings is 9. The van der Waals surface area contributed by atoms with Crippen molar-refractivity contribution in [1.29, 1.82) is 0 Å². The van der Waals surface area contributed by atoms with Gasteiger partial charge in [0.15, 0.2) is 0 Å². The molecular formula is C52H33NOS. The first kappa shape index (κ1) is 31.6. The third-order valence-electron chi connectivity index (χ3n) is 10.9. The molecule has 11 rings (SSSR count). The molecule has 0 saturated heterocycles. The Balaban J connectivity index is 1.02. The number of rotatable bonds is 6. The van der Waals surface area contributed by atoms with Crippen molar-refractivity contribution in [3.63, 3.8) is 0 Å². The lowest BCUT2D eigenvalue weighted by Crippen LogP contribution is -2.10. The average molecular weight is 720 g/mol. The van der Waals surface area contributed by atoms with Gasteiger partial charge in [0.2, 0.25) is 0 Å². The quantitative estimate of drug-likeness (QED) is 0.170. The molecule has 2 nitrogen and oxygen atoms in total. The van der Waals surface area contributed by atoms with E-state index in [4.69, 9.17) is 4.42 Å². The predicted molar refractivity (Wildman–Crippen MR) is 235 cm³/mol. The number of fused-ring (bicyclic) bond motifs is 7. The summed E-state index contributed by atoms with van der Waals surface area (Å²) in [6.07, 6.45) is 0. The van der Waals surface area contributed by atoms with E-state index in [-0.39, 0.29) is 0 Å². The second kappa shape index (κ2) is 12.9. The fourth-order valence-electron chi connectivity index (χ4n) is 8.25. The summed E-state index contributed by atoms with van der Waals surface area (Å²) in [5, 5.41) is 7.40. The second-order valence-electron chi connectivity index (χ2n) is 14.1. The first-order valence-electron chi connectivity index (χ1n) is 18.7. The van der Waals surface area contributed by atoms with E-state index in [0.717, 1.165) is 50.1 Å². The average Bonchev–Trinajstić information content (AvgIpc) is 3.83. The third-order valence-corrected chi connectivity index (χ3v) is 12.0. The minimum atomic E-state index is 0.908. The Bertz CT molecular complexity index is 3200. The molecule has 0 N–H and O–H groups in total. The van der Waals surface area contributed by atoms with Crippen LogP contribution in [0.2, 0.25) is 0 Å². The molecule has 0 amide bonds. The summed E-state index contributed by atoms with van der Waals surface area (Å²) in [6.45, 7) is 0. The molecule has 55 heavy (non-hydrogen) atoms. The van der Waals surface area contributed by atoms with Crippen molar-refractivity contribution in [3.05, 3.63) is 200 Å². The zero-order valence-corrected chi connectivity index (χ0v) is 30.6. The Kier molecular flexibility index (Phi) is 7.39. The molecule has 0 saturated carbocycles. The van der Waals surface area contributed by atoms with E-state index in [2.05, 4.69) is 193 Å². The van der Waals surface area contributed by atoms with Gasteiger partial charge in [-0.25, -0.2) is 0 Å². The molecule has 0 unspecified atom stereocenters. The highest BCUT2D eigenvalue weighted by molar-refractivity contribution is 7.25. The maximum atomic E-state index is 6.12. The lowest BCUT2D eigenvalue weighted by Gasteiger charge is -2.26. The number of nitrogens with zero attached hydrogens (tertiary/aromatic N) is 1. The van der Waals surface area contributed by atoms with E-state index >= 15 is 0 Å². The van der Waals surface area contributed by atoms with Gasteiger partial charge >= 0.3 is 0 Å². The standard InChI is InChI=1S/C52H33NOS/c1-2-14-42-35(10-1)11-8-17-43(42)38-12-7-13-41(32-38)53(39-27-22-34(23-28-39)37-26-31-49-47(33-37)45-15-3-5-19-48(45)54-49)40-29-24-36(25-30-40)44-18-9-21-51-52(44)46-16-4-6-20-50(46)55-51/h1-33H. The van der Waals surface area contributed by atoms with Gasteiger partial charge in [-0.2, -0.15) is 0 Å². The number of hydrogen-bond donors (Lipinski definition) is 0. The monoisotopic (exact) mass is 719 g/mol. The Morgan fingerprint density at radius 1 is 0.345 bits per heavy atom. The van der Waals surface area contributed by atoms with Crippen molar-refractivity contribution in [2.24, 2.45) is 0 Å². The Labute approximate surface area is 322 Å². The van der Waals surface area contributed by atoms with Crippen LogP contribution < -0.4 is 4.90 Å². The first-order chi connectivity index (χ1) is 27.2. The van der Waals surface area contributed by atoms with E-state index in [9.17, 15) is 0 Å². The molecule has 0 spiro atoms. The molecule has 11 aromatic rings. The van der Waals surface area contributed by atoms with Crippen LogP contribution in [-0.2, 0) is 0 Å². The highest BCUT2D eigenvalue weighted by Crippen LogP contribution is 2.43. The maximum absolute atomic E-state index is 6.12. The minimum Gasteiger partial charge on any atom is -0.456 e. The zero-order chi connectivity index (χ0) is 36.3. The molecule has 0 aliphatic heterocycles. The number of anilines is 3. The molecule has 0 aliphatic rings. The summed E-state index contributed by atoms with van der Waals surface area (Å²) in [6, 6.07) is 72.3. The van der Waals surface area contributed by atoms with Gasteiger partial charge in [-0.3, -0.25) is 0 Å². The van der Waals surface area contributed by atoms with Crippen molar-refractivity contribution >= 4 is 81.3 Å². The lowest BCUT2D eigenvalue weighted by molar-refractivity contribution is 0.669. The van der Waals surface area contributed by atoms with Crippen LogP contribution in [0.5, 0.6) is 0 Å². The van der Waals surface area contributed by atoms with E-state index in [0.29, 0.717) is 0 Å². The van der Waals surface area contributed by atoms with Crippen molar-refractivity contribution in [2.75, 3.05) is 4.90 Å². The van der Waals surface area contributed by atoms with Crippen LogP contribution in [0.1, 0.15) is 0 Å². The van der Waals surface area contributed by atoms with Gasteiger partial charge < -0.3 is 9.32 Å². The maximum Gasteiger partial charge on any atom is 0.135 e. The SMILES string of the molecule is c1cc(-c2cccc3ccccc23)cc(N(c2ccc(-c3ccc4oc5ccccc5c4c3)cc2)c2ccc(-c3cccc4sc5ccccc5c34)cc2)c1. The fraction of sp³-hybridized carbons (Fsp3) is 0.